The Hall–Kier alpha value is -1.31. The molecule has 1 aromatic carbocycles. The van der Waals surface area contributed by atoms with Crippen LogP contribution in [0.1, 0.15) is 25.3 Å². The predicted molar refractivity (Wildman–Crippen MR) is 102 cm³/mol. The number of hydrogen-bond donors (Lipinski definition) is 1. The summed E-state index contributed by atoms with van der Waals surface area (Å²) in [6, 6.07) is 8.11. The van der Waals surface area contributed by atoms with E-state index < -0.39 is 0 Å². The third-order valence-corrected chi connectivity index (χ3v) is 3.49. The SMILES string of the molecule is CCNC(=NCc1ccc(N2CCCC2=O)cc1)N(C)C.I. The van der Waals surface area contributed by atoms with Crippen molar-refractivity contribution >= 4 is 41.5 Å². The second-order valence-corrected chi connectivity index (χ2v) is 5.38. The van der Waals surface area contributed by atoms with E-state index in [0.29, 0.717) is 13.0 Å². The van der Waals surface area contributed by atoms with Crippen molar-refractivity contribution in [2.24, 2.45) is 4.99 Å². The Morgan fingerprint density at radius 3 is 2.50 bits per heavy atom. The molecule has 0 aromatic heterocycles. The van der Waals surface area contributed by atoms with E-state index in [0.717, 1.165) is 36.7 Å². The van der Waals surface area contributed by atoms with Crippen LogP contribution >= 0.6 is 24.0 Å². The van der Waals surface area contributed by atoms with Crippen LogP contribution in [0.5, 0.6) is 0 Å². The van der Waals surface area contributed by atoms with Gasteiger partial charge >= 0.3 is 0 Å². The Bertz CT molecular complexity index is 513. The fourth-order valence-corrected chi connectivity index (χ4v) is 2.38. The molecule has 0 spiro atoms. The van der Waals surface area contributed by atoms with Gasteiger partial charge in [-0.05, 0) is 31.0 Å². The zero-order valence-electron chi connectivity index (χ0n) is 13.5. The Morgan fingerprint density at radius 2 is 2.00 bits per heavy atom. The highest BCUT2D eigenvalue weighted by atomic mass is 127. The summed E-state index contributed by atoms with van der Waals surface area (Å²) in [5.74, 6) is 1.11. The number of amides is 1. The molecular weight excluding hydrogens is 391 g/mol. The first-order valence-electron chi connectivity index (χ1n) is 7.46. The number of anilines is 1. The van der Waals surface area contributed by atoms with Crippen molar-refractivity contribution in [1.29, 1.82) is 0 Å². The van der Waals surface area contributed by atoms with Crippen LogP contribution < -0.4 is 10.2 Å². The number of nitrogens with one attached hydrogen (secondary N) is 1. The number of carbonyl (C=O) groups excluding carboxylic acids is 1. The van der Waals surface area contributed by atoms with E-state index in [2.05, 4.69) is 17.2 Å². The number of carbonyl (C=O) groups is 1. The standard InChI is InChI=1S/C16H24N4O.HI/c1-4-17-16(19(2)3)18-12-13-7-9-14(10-8-13)20-11-5-6-15(20)21;/h7-10H,4-6,11-12H2,1-3H3,(H,17,18);1H. The molecule has 1 amide bonds. The predicted octanol–water partition coefficient (Wildman–Crippen LogP) is 2.46. The van der Waals surface area contributed by atoms with Crippen molar-refractivity contribution in [1.82, 2.24) is 10.2 Å². The maximum Gasteiger partial charge on any atom is 0.227 e. The second-order valence-electron chi connectivity index (χ2n) is 5.38. The number of benzene rings is 1. The Morgan fingerprint density at radius 1 is 1.32 bits per heavy atom. The number of guanidine groups is 1. The van der Waals surface area contributed by atoms with Crippen molar-refractivity contribution in [2.75, 3.05) is 32.1 Å². The van der Waals surface area contributed by atoms with Gasteiger partial charge in [0.25, 0.3) is 0 Å². The van der Waals surface area contributed by atoms with Gasteiger partial charge in [0.05, 0.1) is 6.54 Å². The lowest BCUT2D eigenvalue weighted by Crippen LogP contribution is -2.36. The topological polar surface area (TPSA) is 47.9 Å². The lowest BCUT2D eigenvalue weighted by atomic mass is 10.2. The summed E-state index contributed by atoms with van der Waals surface area (Å²) in [5, 5.41) is 3.24. The van der Waals surface area contributed by atoms with Gasteiger partial charge in [0.1, 0.15) is 0 Å². The fraction of sp³-hybridized carbons (Fsp3) is 0.500. The molecule has 0 aliphatic carbocycles. The molecule has 0 radical (unpaired) electrons. The van der Waals surface area contributed by atoms with Gasteiger partial charge in [0, 0.05) is 39.3 Å². The maximum atomic E-state index is 11.7. The van der Waals surface area contributed by atoms with E-state index in [1.807, 2.05) is 48.2 Å². The fourth-order valence-electron chi connectivity index (χ4n) is 2.38. The first-order valence-corrected chi connectivity index (χ1v) is 7.46. The molecular formula is C16H25IN4O. The third kappa shape index (κ3) is 4.86. The van der Waals surface area contributed by atoms with E-state index in [1.54, 1.807) is 0 Å². The van der Waals surface area contributed by atoms with Crippen molar-refractivity contribution in [2.45, 2.75) is 26.3 Å². The molecule has 2 rings (SSSR count). The molecule has 122 valence electrons. The van der Waals surface area contributed by atoms with Gasteiger partial charge < -0.3 is 15.1 Å². The smallest absolute Gasteiger partial charge is 0.227 e. The molecule has 22 heavy (non-hydrogen) atoms. The zero-order chi connectivity index (χ0) is 15.2. The molecule has 1 aromatic rings. The van der Waals surface area contributed by atoms with E-state index in [1.165, 1.54) is 0 Å². The Kier molecular flexibility index (Phi) is 7.64. The zero-order valence-corrected chi connectivity index (χ0v) is 15.8. The quantitative estimate of drug-likeness (QED) is 0.466. The summed E-state index contributed by atoms with van der Waals surface area (Å²) >= 11 is 0. The number of rotatable bonds is 4. The van der Waals surface area contributed by atoms with Crippen LogP contribution in [0.4, 0.5) is 5.69 Å². The lowest BCUT2D eigenvalue weighted by molar-refractivity contribution is -0.117. The number of hydrogen-bond acceptors (Lipinski definition) is 2. The van der Waals surface area contributed by atoms with Crippen LogP contribution in [0.3, 0.4) is 0 Å². The Balaban J connectivity index is 0.00000242. The summed E-state index contributed by atoms with van der Waals surface area (Å²) in [6.45, 7) is 4.38. The van der Waals surface area contributed by atoms with Gasteiger partial charge in [0.2, 0.25) is 5.91 Å². The van der Waals surface area contributed by atoms with Gasteiger partial charge in [-0.2, -0.15) is 0 Å². The lowest BCUT2D eigenvalue weighted by Gasteiger charge is -2.17. The molecule has 0 saturated carbocycles. The summed E-state index contributed by atoms with van der Waals surface area (Å²) in [4.78, 5) is 20.1. The monoisotopic (exact) mass is 416 g/mol. The second kappa shape index (κ2) is 8.97. The van der Waals surface area contributed by atoms with E-state index in [9.17, 15) is 4.79 Å². The van der Waals surface area contributed by atoms with Crippen molar-refractivity contribution in [3.8, 4) is 0 Å². The highest BCUT2D eigenvalue weighted by Crippen LogP contribution is 2.21. The summed E-state index contributed by atoms with van der Waals surface area (Å²) in [7, 11) is 3.95. The largest absolute Gasteiger partial charge is 0.357 e. The molecule has 5 nitrogen and oxygen atoms in total. The van der Waals surface area contributed by atoms with Gasteiger partial charge in [-0.1, -0.05) is 12.1 Å². The average Bonchev–Trinajstić information content (AvgIpc) is 2.90. The molecule has 0 bridgehead atoms. The normalized spacial score (nSPS) is 14.8. The van der Waals surface area contributed by atoms with Crippen LogP contribution in [0.2, 0.25) is 0 Å². The van der Waals surface area contributed by atoms with Gasteiger partial charge in [-0.15, -0.1) is 24.0 Å². The molecule has 0 unspecified atom stereocenters. The molecule has 0 atom stereocenters. The minimum atomic E-state index is 0. The van der Waals surface area contributed by atoms with E-state index in [4.69, 9.17) is 0 Å². The van der Waals surface area contributed by atoms with Gasteiger partial charge in [-0.3, -0.25) is 4.79 Å². The summed E-state index contributed by atoms with van der Waals surface area (Å²) in [5.41, 5.74) is 2.13. The number of aliphatic imine (C=N–C) groups is 1. The number of nitrogens with zero attached hydrogens (tertiary/aromatic N) is 3. The molecule has 6 heteroatoms. The first kappa shape index (κ1) is 18.7. The molecule has 1 aliphatic heterocycles. The van der Waals surface area contributed by atoms with E-state index in [-0.39, 0.29) is 29.9 Å². The maximum absolute atomic E-state index is 11.7. The van der Waals surface area contributed by atoms with E-state index >= 15 is 0 Å². The van der Waals surface area contributed by atoms with Crippen molar-refractivity contribution in [3.05, 3.63) is 29.8 Å². The first-order chi connectivity index (χ1) is 10.1. The highest BCUT2D eigenvalue weighted by molar-refractivity contribution is 14.0. The van der Waals surface area contributed by atoms with Gasteiger partial charge in [-0.25, -0.2) is 4.99 Å². The molecule has 1 N–H and O–H groups in total. The molecule has 1 fully saturated rings. The third-order valence-electron chi connectivity index (χ3n) is 3.49. The molecule has 1 heterocycles. The summed E-state index contributed by atoms with van der Waals surface area (Å²) in [6.07, 6.45) is 1.63. The van der Waals surface area contributed by atoms with Crippen LogP contribution in [0, 0.1) is 0 Å². The minimum Gasteiger partial charge on any atom is -0.357 e. The van der Waals surface area contributed by atoms with Crippen LogP contribution in [0.25, 0.3) is 0 Å². The molecule has 1 saturated heterocycles. The van der Waals surface area contributed by atoms with Gasteiger partial charge in [0.15, 0.2) is 5.96 Å². The van der Waals surface area contributed by atoms with Crippen LogP contribution in [0.15, 0.2) is 29.3 Å². The number of halogens is 1. The summed E-state index contributed by atoms with van der Waals surface area (Å²) < 4.78 is 0. The van der Waals surface area contributed by atoms with Crippen LogP contribution in [-0.2, 0) is 11.3 Å². The molecule has 1 aliphatic rings. The average molecular weight is 416 g/mol. The minimum absolute atomic E-state index is 0. The van der Waals surface area contributed by atoms with Crippen LogP contribution in [-0.4, -0.2) is 44.0 Å². The van der Waals surface area contributed by atoms with Crippen molar-refractivity contribution < 1.29 is 4.79 Å². The van der Waals surface area contributed by atoms with Crippen molar-refractivity contribution in [3.63, 3.8) is 0 Å². The Labute approximate surface area is 149 Å². The highest BCUT2D eigenvalue weighted by Gasteiger charge is 2.21.